The van der Waals surface area contributed by atoms with E-state index in [2.05, 4.69) is 6.92 Å². The SMILES string of the molecule is CCCCCCCCC(=O)N(CC)c1ccc(CN)cc1. The van der Waals surface area contributed by atoms with E-state index in [0.29, 0.717) is 13.0 Å². The van der Waals surface area contributed by atoms with Gasteiger partial charge >= 0.3 is 0 Å². The number of anilines is 1. The highest BCUT2D eigenvalue weighted by molar-refractivity contribution is 5.93. The van der Waals surface area contributed by atoms with E-state index in [9.17, 15) is 4.79 Å². The molecule has 0 spiro atoms. The van der Waals surface area contributed by atoms with Gasteiger partial charge in [-0.3, -0.25) is 4.79 Å². The van der Waals surface area contributed by atoms with Crippen LogP contribution in [0.4, 0.5) is 5.69 Å². The number of hydrogen-bond donors (Lipinski definition) is 1. The van der Waals surface area contributed by atoms with Gasteiger partial charge in [0.15, 0.2) is 0 Å². The van der Waals surface area contributed by atoms with Crippen LogP contribution in [0.15, 0.2) is 24.3 Å². The van der Waals surface area contributed by atoms with Gasteiger partial charge in [0.1, 0.15) is 0 Å². The molecule has 0 aliphatic carbocycles. The van der Waals surface area contributed by atoms with Gasteiger partial charge in [-0.25, -0.2) is 0 Å². The lowest BCUT2D eigenvalue weighted by Gasteiger charge is -2.21. The van der Waals surface area contributed by atoms with Crippen LogP contribution in [-0.2, 0) is 11.3 Å². The lowest BCUT2D eigenvalue weighted by atomic mass is 10.1. The lowest BCUT2D eigenvalue weighted by molar-refractivity contribution is -0.118. The Morgan fingerprint density at radius 3 is 2.19 bits per heavy atom. The average molecular weight is 290 g/mol. The summed E-state index contributed by atoms with van der Waals surface area (Å²) in [5.74, 6) is 0.230. The first kappa shape index (κ1) is 17.7. The standard InChI is InChI=1S/C18H30N2O/c1-3-5-6-7-8-9-10-18(21)20(4-2)17-13-11-16(15-19)12-14-17/h11-14H,3-10,15,19H2,1-2H3. The Labute approximate surface area is 129 Å². The molecule has 0 saturated heterocycles. The van der Waals surface area contributed by atoms with Crippen molar-refractivity contribution in [1.82, 2.24) is 0 Å². The zero-order valence-corrected chi connectivity index (χ0v) is 13.6. The molecule has 0 aromatic heterocycles. The van der Waals surface area contributed by atoms with Crippen LogP contribution in [0.2, 0.25) is 0 Å². The third-order valence-electron chi connectivity index (χ3n) is 3.85. The molecule has 0 heterocycles. The summed E-state index contributed by atoms with van der Waals surface area (Å²) < 4.78 is 0. The van der Waals surface area contributed by atoms with Crippen molar-refractivity contribution >= 4 is 11.6 Å². The van der Waals surface area contributed by atoms with E-state index in [4.69, 9.17) is 5.73 Å². The number of unbranched alkanes of at least 4 members (excludes halogenated alkanes) is 5. The fourth-order valence-corrected chi connectivity index (χ4v) is 2.51. The zero-order chi connectivity index (χ0) is 15.5. The van der Waals surface area contributed by atoms with Gasteiger partial charge in [0.25, 0.3) is 0 Å². The summed E-state index contributed by atoms with van der Waals surface area (Å²) in [5.41, 5.74) is 7.68. The molecule has 118 valence electrons. The summed E-state index contributed by atoms with van der Waals surface area (Å²) in [6.07, 6.45) is 7.93. The van der Waals surface area contributed by atoms with Gasteiger partial charge in [-0.2, -0.15) is 0 Å². The third kappa shape index (κ3) is 6.30. The Kier molecular flexibility index (Phi) is 8.76. The predicted molar refractivity (Wildman–Crippen MR) is 90.4 cm³/mol. The molecule has 0 saturated carbocycles. The monoisotopic (exact) mass is 290 g/mol. The molecule has 3 heteroatoms. The van der Waals surface area contributed by atoms with Gasteiger partial charge in [0.2, 0.25) is 5.91 Å². The smallest absolute Gasteiger partial charge is 0.226 e. The van der Waals surface area contributed by atoms with Crippen LogP contribution in [0.3, 0.4) is 0 Å². The number of nitrogens with two attached hydrogens (primary N) is 1. The number of amides is 1. The van der Waals surface area contributed by atoms with Crippen molar-refractivity contribution in [3.05, 3.63) is 29.8 Å². The molecule has 0 atom stereocenters. The minimum atomic E-state index is 0.230. The fourth-order valence-electron chi connectivity index (χ4n) is 2.51. The van der Waals surface area contributed by atoms with Crippen LogP contribution in [0.25, 0.3) is 0 Å². The van der Waals surface area contributed by atoms with Crippen molar-refractivity contribution in [1.29, 1.82) is 0 Å². The van der Waals surface area contributed by atoms with E-state index in [1.165, 1.54) is 25.7 Å². The maximum Gasteiger partial charge on any atom is 0.226 e. The number of nitrogens with zero attached hydrogens (tertiary/aromatic N) is 1. The second-order valence-corrected chi connectivity index (χ2v) is 5.53. The van der Waals surface area contributed by atoms with E-state index < -0.39 is 0 Å². The molecule has 1 amide bonds. The van der Waals surface area contributed by atoms with Crippen molar-refractivity contribution in [2.45, 2.75) is 65.3 Å². The summed E-state index contributed by atoms with van der Waals surface area (Å²) in [6, 6.07) is 7.97. The Balaban J connectivity index is 2.41. The molecule has 0 bridgehead atoms. The molecule has 1 aromatic rings. The minimum absolute atomic E-state index is 0.230. The van der Waals surface area contributed by atoms with Gasteiger partial charge in [-0.15, -0.1) is 0 Å². The van der Waals surface area contributed by atoms with Gasteiger partial charge < -0.3 is 10.6 Å². The van der Waals surface area contributed by atoms with Crippen molar-refractivity contribution in [2.75, 3.05) is 11.4 Å². The van der Waals surface area contributed by atoms with Gasteiger partial charge in [0.05, 0.1) is 0 Å². The molecule has 21 heavy (non-hydrogen) atoms. The maximum atomic E-state index is 12.3. The summed E-state index contributed by atoms with van der Waals surface area (Å²) in [7, 11) is 0. The number of benzene rings is 1. The zero-order valence-electron chi connectivity index (χ0n) is 13.6. The van der Waals surface area contributed by atoms with Gasteiger partial charge in [-0.05, 0) is 31.0 Å². The summed E-state index contributed by atoms with van der Waals surface area (Å²) >= 11 is 0. The summed E-state index contributed by atoms with van der Waals surface area (Å²) in [6.45, 7) is 5.50. The Hall–Kier alpha value is -1.35. The second-order valence-electron chi connectivity index (χ2n) is 5.53. The van der Waals surface area contributed by atoms with Crippen LogP contribution >= 0.6 is 0 Å². The topological polar surface area (TPSA) is 46.3 Å². The van der Waals surface area contributed by atoms with Crippen LogP contribution in [0, 0.1) is 0 Å². The van der Waals surface area contributed by atoms with E-state index >= 15 is 0 Å². The quantitative estimate of drug-likeness (QED) is 0.655. The molecule has 0 aliphatic heterocycles. The van der Waals surface area contributed by atoms with Gasteiger partial charge in [-0.1, -0.05) is 51.2 Å². The highest BCUT2D eigenvalue weighted by Gasteiger charge is 2.13. The predicted octanol–water partition coefficient (Wildman–Crippen LogP) is 4.25. The van der Waals surface area contributed by atoms with Crippen LogP contribution in [-0.4, -0.2) is 12.5 Å². The van der Waals surface area contributed by atoms with Crippen molar-refractivity contribution in [3.63, 3.8) is 0 Å². The molecule has 1 aromatic carbocycles. The van der Waals surface area contributed by atoms with Crippen molar-refractivity contribution in [3.8, 4) is 0 Å². The van der Waals surface area contributed by atoms with Crippen molar-refractivity contribution < 1.29 is 4.79 Å². The van der Waals surface area contributed by atoms with Gasteiger partial charge in [0, 0.05) is 25.2 Å². The highest BCUT2D eigenvalue weighted by Crippen LogP contribution is 2.17. The lowest BCUT2D eigenvalue weighted by Crippen LogP contribution is -2.30. The van der Waals surface area contributed by atoms with Crippen LogP contribution in [0.1, 0.15) is 64.4 Å². The molecule has 0 unspecified atom stereocenters. The molecule has 1 rings (SSSR count). The Morgan fingerprint density at radius 1 is 1.00 bits per heavy atom. The third-order valence-corrected chi connectivity index (χ3v) is 3.85. The first-order valence-electron chi connectivity index (χ1n) is 8.32. The number of rotatable bonds is 10. The van der Waals surface area contributed by atoms with Crippen LogP contribution < -0.4 is 10.6 Å². The fraction of sp³-hybridized carbons (Fsp3) is 0.611. The Bertz CT molecular complexity index is 400. The first-order chi connectivity index (χ1) is 10.2. The number of hydrogen-bond acceptors (Lipinski definition) is 2. The van der Waals surface area contributed by atoms with E-state index in [0.717, 1.165) is 30.6 Å². The maximum absolute atomic E-state index is 12.3. The number of carbonyl (C=O) groups is 1. The molecule has 0 aliphatic rings. The Morgan fingerprint density at radius 2 is 1.62 bits per heavy atom. The molecule has 0 radical (unpaired) electrons. The van der Waals surface area contributed by atoms with E-state index in [1.807, 2.05) is 36.1 Å². The second kappa shape index (κ2) is 10.4. The summed E-state index contributed by atoms with van der Waals surface area (Å²) in [5, 5.41) is 0. The molecular formula is C18H30N2O. The van der Waals surface area contributed by atoms with E-state index in [1.54, 1.807) is 0 Å². The van der Waals surface area contributed by atoms with Crippen LogP contribution in [0.5, 0.6) is 0 Å². The minimum Gasteiger partial charge on any atom is -0.326 e. The van der Waals surface area contributed by atoms with Crippen molar-refractivity contribution in [2.24, 2.45) is 5.73 Å². The first-order valence-corrected chi connectivity index (χ1v) is 8.32. The average Bonchev–Trinajstić information content (AvgIpc) is 2.52. The molecule has 2 N–H and O–H groups in total. The summed E-state index contributed by atoms with van der Waals surface area (Å²) in [4.78, 5) is 14.2. The molecule has 0 fully saturated rings. The highest BCUT2D eigenvalue weighted by atomic mass is 16.2. The van der Waals surface area contributed by atoms with E-state index in [-0.39, 0.29) is 5.91 Å². The molecule has 3 nitrogen and oxygen atoms in total. The molecular weight excluding hydrogens is 260 g/mol. The normalized spacial score (nSPS) is 10.6. The number of carbonyl (C=O) groups excluding carboxylic acids is 1. The largest absolute Gasteiger partial charge is 0.326 e.